The number of rotatable bonds is 6. The number of alkyl halides is 1. The van der Waals surface area contributed by atoms with Gasteiger partial charge in [0.15, 0.2) is 0 Å². The lowest BCUT2D eigenvalue weighted by Gasteiger charge is -2.33. The summed E-state index contributed by atoms with van der Waals surface area (Å²) in [5.74, 6) is 0. The predicted octanol–water partition coefficient (Wildman–Crippen LogP) is 4.06. The van der Waals surface area contributed by atoms with Crippen molar-refractivity contribution in [3.63, 3.8) is 0 Å². The van der Waals surface area contributed by atoms with E-state index in [-0.39, 0.29) is 37.5 Å². The van der Waals surface area contributed by atoms with E-state index in [1.165, 1.54) is 5.56 Å². The molecule has 6 heteroatoms. The first-order valence-electron chi connectivity index (χ1n) is 8.25. The lowest BCUT2D eigenvalue weighted by Crippen LogP contribution is -2.45. The van der Waals surface area contributed by atoms with Crippen LogP contribution < -0.4 is 10.6 Å². The van der Waals surface area contributed by atoms with Crippen molar-refractivity contribution in [2.24, 2.45) is 0 Å². The first kappa shape index (κ1) is 21.7. The fourth-order valence-corrected chi connectivity index (χ4v) is 3.01. The van der Waals surface area contributed by atoms with Crippen molar-refractivity contribution in [2.45, 2.75) is 12.6 Å². The number of benzene rings is 2. The van der Waals surface area contributed by atoms with Crippen molar-refractivity contribution in [2.75, 3.05) is 38.2 Å². The molecule has 138 valence electrons. The molecule has 0 aliphatic carbocycles. The zero-order valence-corrected chi connectivity index (χ0v) is 15.8. The SMILES string of the molecule is Cl.Cl.FC[C@H](c1ccc(NCc2ccccc2)cc1)N1CCNCC1. The maximum absolute atomic E-state index is 13.5. The van der Waals surface area contributed by atoms with Gasteiger partial charge in [-0.25, -0.2) is 4.39 Å². The molecule has 2 N–H and O–H groups in total. The van der Waals surface area contributed by atoms with Crippen LogP contribution in [0.1, 0.15) is 17.2 Å². The highest BCUT2D eigenvalue weighted by Gasteiger charge is 2.21. The van der Waals surface area contributed by atoms with Crippen molar-refractivity contribution in [1.29, 1.82) is 0 Å². The molecule has 1 aliphatic rings. The number of piperazine rings is 1. The minimum Gasteiger partial charge on any atom is -0.381 e. The van der Waals surface area contributed by atoms with Gasteiger partial charge in [0, 0.05) is 38.4 Å². The van der Waals surface area contributed by atoms with E-state index in [0.717, 1.165) is 44.0 Å². The van der Waals surface area contributed by atoms with E-state index in [2.05, 4.69) is 27.7 Å². The second-order valence-corrected chi connectivity index (χ2v) is 5.92. The number of nitrogens with zero attached hydrogens (tertiary/aromatic N) is 1. The Bertz CT molecular complexity index is 589. The average molecular weight is 386 g/mol. The maximum Gasteiger partial charge on any atom is 0.109 e. The van der Waals surface area contributed by atoms with Crippen molar-refractivity contribution in [1.82, 2.24) is 10.2 Å². The van der Waals surface area contributed by atoms with Crippen LogP contribution >= 0.6 is 24.8 Å². The molecule has 2 aromatic rings. The van der Waals surface area contributed by atoms with Crippen LogP contribution in [0, 0.1) is 0 Å². The molecule has 1 fully saturated rings. The van der Waals surface area contributed by atoms with Gasteiger partial charge in [-0.2, -0.15) is 0 Å². The van der Waals surface area contributed by atoms with Gasteiger partial charge in [0.05, 0.1) is 6.04 Å². The molecule has 0 saturated carbocycles. The highest BCUT2D eigenvalue weighted by molar-refractivity contribution is 5.85. The van der Waals surface area contributed by atoms with Gasteiger partial charge in [-0.15, -0.1) is 24.8 Å². The van der Waals surface area contributed by atoms with Gasteiger partial charge in [-0.05, 0) is 23.3 Å². The molecule has 0 bridgehead atoms. The Balaban J connectivity index is 0.00000156. The molecule has 0 unspecified atom stereocenters. The van der Waals surface area contributed by atoms with E-state index in [9.17, 15) is 4.39 Å². The monoisotopic (exact) mass is 385 g/mol. The van der Waals surface area contributed by atoms with Gasteiger partial charge in [-0.3, -0.25) is 4.90 Å². The summed E-state index contributed by atoms with van der Waals surface area (Å²) in [6.45, 7) is 4.15. The summed E-state index contributed by atoms with van der Waals surface area (Å²) in [7, 11) is 0. The van der Waals surface area contributed by atoms with E-state index < -0.39 is 0 Å². The minimum absolute atomic E-state index is 0. The smallest absolute Gasteiger partial charge is 0.109 e. The van der Waals surface area contributed by atoms with Gasteiger partial charge in [0.25, 0.3) is 0 Å². The first-order chi connectivity index (χ1) is 11.4. The Morgan fingerprint density at radius 2 is 1.60 bits per heavy atom. The van der Waals surface area contributed by atoms with Crippen molar-refractivity contribution in [3.8, 4) is 0 Å². The molecule has 1 atom stereocenters. The van der Waals surface area contributed by atoms with Crippen LogP contribution in [-0.2, 0) is 6.54 Å². The molecular formula is C19H26Cl2FN3. The van der Waals surface area contributed by atoms with Crippen LogP contribution in [0.4, 0.5) is 10.1 Å². The van der Waals surface area contributed by atoms with Crippen molar-refractivity contribution < 1.29 is 4.39 Å². The Morgan fingerprint density at radius 1 is 0.960 bits per heavy atom. The molecule has 1 aliphatic heterocycles. The summed E-state index contributed by atoms with van der Waals surface area (Å²) >= 11 is 0. The maximum atomic E-state index is 13.5. The summed E-state index contributed by atoms with van der Waals surface area (Å²) in [6.07, 6.45) is 0. The van der Waals surface area contributed by atoms with E-state index in [1.54, 1.807) is 0 Å². The zero-order chi connectivity index (χ0) is 15.9. The van der Waals surface area contributed by atoms with Crippen LogP contribution in [0.5, 0.6) is 0 Å². The van der Waals surface area contributed by atoms with Crippen LogP contribution in [0.2, 0.25) is 0 Å². The third-order valence-corrected chi connectivity index (χ3v) is 4.37. The molecule has 0 amide bonds. The number of hydrogen-bond acceptors (Lipinski definition) is 3. The highest BCUT2D eigenvalue weighted by Crippen LogP contribution is 2.23. The van der Waals surface area contributed by atoms with Gasteiger partial charge in [-0.1, -0.05) is 42.5 Å². The third-order valence-electron chi connectivity index (χ3n) is 4.37. The fourth-order valence-electron chi connectivity index (χ4n) is 3.01. The fraction of sp³-hybridized carbons (Fsp3) is 0.368. The predicted molar refractivity (Wildman–Crippen MR) is 108 cm³/mol. The Morgan fingerprint density at radius 3 is 2.20 bits per heavy atom. The Labute approximate surface area is 161 Å². The molecule has 3 rings (SSSR count). The van der Waals surface area contributed by atoms with Gasteiger partial charge < -0.3 is 10.6 Å². The van der Waals surface area contributed by atoms with Crippen molar-refractivity contribution >= 4 is 30.5 Å². The number of halogens is 3. The molecular weight excluding hydrogens is 360 g/mol. The lowest BCUT2D eigenvalue weighted by atomic mass is 10.0. The molecule has 25 heavy (non-hydrogen) atoms. The molecule has 2 aromatic carbocycles. The highest BCUT2D eigenvalue weighted by atomic mass is 35.5. The zero-order valence-electron chi connectivity index (χ0n) is 14.2. The van der Waals surface area contributed by atoms with E-state index in [1.807, 2.05) is 42.5 Å². The van der Waals surface area contributed by atoms with Crippen LogP contribution in [-0.4, -0.2) is 37.8 Å². The number of hydrogen-bond donors (Lipinski definition) is 2. The standard InChI is InChI=1S/C19H24FN3.2ClH/c20-14-19(23-12-10-21-11-13-23)17-6-8-18(9-7-17)22-15-16-4-2-1-3-5-16;;/h1-9,19,21-22H,10-15H2;2*1H/t19-;;/m1../s1. The van der Waals surface area contributed by atoms with Crippen LogP contribution in [0.3, 0.4) is 0 Å². The number of nitrogens with one attached hydrogen (secondary N) is 2. The summed E-state index contributed by atoms with van der Waals surface area (Å²) in [5, 5.41) is 6.72. The van der Waals surface area contributed by atoms with Gasteiger partial charge in [0.1, 0.15) is 6.67 Å². The molecule has 1 heterocycles. The quantitative estimate of drug-likeness (QED) is 0.784. The summed E-state index contributed by atoms with van der Waals surface area (Å²) < 4.78 is 13.5. The Hall–Kier alpha value is -1.33. The first-order valence-corrected chi connectivity index (χ1v) is 8.25. The van der Waals surface area contributed by atoms with E-state index >= 15 is 0 Å². The van der Waals surface area contributed by atoms with Gasteiger partial charge in [0.2, 0.25) is 0 Å². The molecule has 0 radical (unpaired) electrons. The largest absolute Gasteiger partial charge is 0.381 e. The Kier molecular flexibility index (Phi) is 9.83. The molecule has 3 nitrogen and oxygen atoms in total. The van der Waals surface area contributed by atoms with E-state index in [0.29, 0.717) is 0 Å². The second kappa shape index (κ2) is 11.3. The summed E-state index contributed by atoms with van der Waals surface area (Å²) in [5.41, 5.74) is 3.37. The third kappa shape index (κ3) is 6.15. The normalized spacial score (nSPS) is 15.6. The molecule has 0 aromatic heterocycles. The number of anilines is 1. The second-order valence-electron chi connectivity index (χ2n) is 5.92. The van der Waals surface area contributed by atoms with Crippen LogP contribution in [0.25, 0.3) is 0 Å². The minimum atomic E-state index is -0.337. The summed E-state index contributed by atoms with van der Waals surface area (Å²) in [4.78, 5) is 2.23. The average Bonchev–Trinajstić information content (AvgIpc) is 2.63. The van der Waals surface area contributed by atoms with E-state index in [4.69, 9.17) is 0 Å². The van der Waals surface area contributed by atoms with Crippen LogP contribution in [0.15, 0.2) is 54.6 Å². The summed E-state index contributed by atoms with van der Waals surface area (Å²) in [6, 6.07) is 18.4. The van der Waals surface area contributed by atoms with Crippen molar-refractivity contribution in [3.05, 3.63) is 65.7 Å². The topological polar surface area (TPSA) is 27.3 Å². The van der Waals surface area contributed by atoms with Gasteiger partial charge >= 0.3 is 0 Å². The molecule has 1 saturated heterocycles. The molecule has 0 spiro atoms. The lowest BCUT2D eigenvalue weighted by molar-refractivity contribution is 0.147.